The van der Waals surface area contributed by atoms with Gasteiger partial charge in [-0.3, -0.25) is 4.90 Å². The van der Waals surface area contributed by atoms with Crippen molar-refractivity contribution in [3.05, 3.63) is 29.8 Å². The standard InChI is InChI=1S/C15H26N2O/c1-3-17(4-2)13-14-8-7-9-15(12-14)18-11-6-5-10-16/h7-9,12H,3-6,10-11,13,16H2,1-2H3. The molecule has 0 unspecified atom stereocenters. The predicted octanol–water partition coefficient (Wildman–Crippen LogP) is 2.65. The van der Waals surface area contributed by atoms with E-state index < -0.39 is 0 Å². The van der Waals surface area contributed by atoms with Crippen LogP contribution in [-0.2, 0) is 6.54 Å². The molecule has 0 heterocycles. The zero-order valence-corrected chi connectivity index (χ0v) is 11.7. The summed E-state index contributed by atoms with van der Waals surface area (Å²) in [6.07, 6.45) is 2.05. The van der Waals surface area contributed by atoms with Crippen molar-refractivity contribution in [3.63, 3.8) is 0 Å². The van der Waals surface area contributed by atoms with E-state index in [1.807, 2.05) is 6.07 Å². The first kappa shape index (κ1) is 15.0. The number of rotatable bonds is 9. The summed E-state index contributed by atoms with van der Waals surface area (Å²) in [5.74, 6) is 0.969. The number of hydrogen-bond acceptors (Lipinski definition) is 3. The van der Waals surface area contributed by atoms with Crippen molar-refractivity contribution in [2.24, 2.45) is 5.73 Å². The number of hydrogen-bond donors (Lipinski definition) is 1. The number of unbranched alkanes of at least 4 members (excludes halogenated alkanes) is 1. The van der Waals surface area contributed by atoms with Crippen LogP contribution in [0.15, 0.2) is 24.3 Å². The van der Waals surface area contributed by atoms with E-state index in [0.29, 0.717) is 0 Å². The molecule has 18 heavy (non-hydrogen) atoms. The van der Waals surface area contributed by atoms with Gasteiger partial charge in [0.25, 0.3) is 0 Å². The third kappa shape index (κ3) is 5.52. The highest BCUT2D eigenvalue weighted by molar-refractivity contribution is 5.28. The second-order valence-corrected chi connectivity index (χ2v) is 4.45. The fourth-order valence-electron chi connectivity index (χ4n) is 1.88. The van der Waals surface area contributed by atoms with Crippen LogP contribution in [-0.4, -0.2) is 31.1 Å². The Kier molecular flexibility index (Phi) is 7.46. The van der Waals surface area contributed by atoms with E-state index in [-0.39, 0.29) is 0 Å². The predicted molar refractivity (Wildman–Crippen MR) is 76.9 cm³/mol. The van der Waals surface area contributed by atoms with E-state index in [9.17, 15) is 0 Å². The maximum absolute atomic E-state index is 5.72. The second-order valence-electron chi connectivity index (χ2n) is 4.45. The third-order valence-corrected chi connectivity index (χ3v) is 3.07. The van der Waals surface area contributed by atoms with Gasteiger partial charge in [0, 0.05) is 6.54 Å². The van der Waals surface area contributed by atoms with Gasteiger partial charge in [0.15, 0.2) is 0 Å². The van der Waals surface area contributed by atoms with Crippen LogP contribution in [0.4, 0.5) is 0 Å². The largest absolute Gasteiger partial charge is 0.494 e. The molecule has 0 atom stereocenters. The molecule has 3 nitrogen and oxygen atoms in total. The Morgan fingerprint density at radius 3 is 2.61 bits per heavy atom. The summed E-state index contributed by atoms with van der Waals surface area (Å²) in [7, 11) is 0. The summed E-state index contributed by atoms with van der Waals surface area (Å²) in [4.78, 5) is 2.40. The highest BCUT2D eigenvalue weighted by atomic mass is 16.5. The molecule has 0 spiro atoms. The zero-order valence-electron chi connectivity index (χ0n) is 11.7. The quantitative estimate of drug-likeness (QED) is 0.685. The average Bonchev–Trinajstić information content (AvgIpc) is 2.41. The van der Waals surface area contributed by atoms with Crippen molar-refractivity contribution in [1.82, 2.24) is 4.90 Å². The molecule has 3 heteroatoms. The van der Waals surface area contributed by atoms with Crippen LogP contribution in [0.25, 0.3) is 0 Å². The van der Waals surface area contributed by atoms with Gasteiger partial charge < -0.3 is 10.5 Å². The van der Waals surface area contributed by atoms with Gasteiger partial charge in [0.2, 0.25) is 0 Å². The maximum atomic E-state index is 5.72. The minimum atomic E-state index is 0.741. The van der Waals surface area contributed by atoms with E-state index in [4.69, 9.17) is 10.5 Å². The molecule has 0 amide bonds. The lowest BCUT2D eigenvalue weighted by Gasteiger charge is -2.18. The molecule has 1 rings (SSSR count). The van der Waals surface area contributed by atoms with Crippen LogP contribution in [0, 0.1) is 0 Å². The SMILES string of the molecule is CCN(CC)Cc1cccc(OCCCCN)c1. The smallest absolute Gasteiger partial charge is 0.119 e. The van der Waals surface area contributed by atoms with Gasteiger partial charge >= 0.3 is 0 Å². The molecule has 0 saturated heterocycles. The summed E-state index contributed by atoms with van der Waals surface area (Å²) in [5.41, 5.74) is 6.77. The van der Waals surface area contributed by atoms with Gasteiger partial charge in [0.05, 0.1) is 6.61 Å². The van der Waals surface area contributed by atoms with E-state index >= 15 is 0 Å². The molecule has 0 radical (unpaired) electrons. The van der Waals surface area contributed by atoms with Crippen LogP contribution in [0.1, 0.15) is 32.3 Å². The second kappa shape index (κ2) is 8.95. The maximum Gasteiger partial charge on any atom is 0.119 e. The molecular weight excluding hydrogens is 224 g/mol. The Hall–Kier alpha value is -1.06. The molecule has 0 aliphatic heterocycles. The molecule has 1 aromatic rings. The lowest BCUT2D eigenvalue weighted by Crippen LogP contribution is -2.22. The lowest BCUT2D eigenvalue weighted by molar-refractivity contribution is 0.291. The van der Waals surface area contributed by atoms with E-state index in [2.05, 4.69) is 36.9 Å². The van der Waals surface area contributed by atoms with Gasteiger partial charge in [-0.2, -0.15) is 0 Å². The lowest BCUT2D eigenvalue weighted by atomic mass is 10.2. The van der Waals surface area contributed by atoms with E-state index in [1.54, 1.807) is 0 Å². The van der Waals surface area contributed by atoms with Crippen molar-refractivity contribution in [1.29, 1.82) is 0 Å². The highest BCUT2D eigenvalue weighted by Crippen LogP contribution is 2.15. The van der Waals surface area contributed by atoms with Gasteiger partial charge in [-0.05, 0) is 50.2 Å². The van der Waals surface area contributed by atoms with Crippen LogP contribution in [0.5, 0.6) is 5.75 Å². The number of benzene rings is 1. The van der Waals surface area contributed by atoms with Gasteiger partial charge in [-0.25, -0.2) is 0 Å². The van der Waals surface area contributed by atoms with Gasteiger partial charge in [-0.15, -0.1) is 0 Å². The highest BCUT2D eigenvalue weighted by Gasteiger charge is 2.02. The molecule has 2 N–H and O–H groups in total. The Bertz CT molecular complexity index is 324. The zero-order chi connectivity index (χ0) is 13.2. The minimum absolute atomic E-state index is 0.741. The van der Waals surface area contributed by atoms with Gasteiger partial charge in [-0.1, -0.05) is 26.0 Å². The number of ether oxygens (including phenoxy) is 1. The fourth-order valence-corrected chi connectivity index (χ4v) is 1.88. The summed E-state index contributed by atoms with van der Waals surface area (Å²) < 4.78 is 5.72. The molecule has 0 saturated carbocycles. The summed E-state index contributed by atoms with van der Waals surface area (Å²) in [5, 5.41) is 0. The summed E-state index contributed by atoms with van der Waals surface area (Å²) in [6.45, 7) is 9.04. The van der Waals surface area contributed by atoms with E-state index in [1.165, 1.54) is 5.56 Å². The molecule has 102 valence electrons. The molecule has 0 aliphatic carbocycles. The topological polar surface area (TPSA) is 38.5 Å². The molecular formula is C15H26N2O. The van der Waals surface area contributed by atoms with Crippen LogP contribution in [0.2, 0.25) is 0 Å². The van der Waals surface area contributed by atoms with Crippen molar-refractivity contribution < 1.29 is 4.74 Å². The normalized spacial score (nSPS) is 10.9. The number of nitrogens with two attached hydrogens (primary N) is 1. The van der Waals surface area contributed by atoms with Crippen molar-refractivity contribution in [2.75, 3.05) is 26.2 Å². The van der Waals surface area contributed by atoms with Crippen molar-refractivity contribution in [3.8, 4) is 5.75 Å². The molecule has 0 aromatic heterocycles. The first-order valence-corrected chi connectivity index (χ1v) is 6.94. The first-order valence-electron chi connectivity index (χ1n) is 6.94. The Morgan fingerprint density at radius 2 is 1.94 bits per heavy atom. The molecule has 1 aromatic carbocycles. The Labute approximate surface area is 111 Å². The monoisotopic (exact) mass is 250 g/mol. The van der Waals surface area contributed by atoms with Gasteiger partial charge in [0.1, 0.15) is 5.75 Å². The van der Waals surface area contributed by atoms with Crippen molar-refractivity contribution in [2.45, 2.75) is 33.2 Å². The fraction of sp³-hybridized carbons (Fsp3) is 0.600. The van der Waals surface area contributed by atoms with Crippen LogP contribution in [0.3, 0.4) is 0 Å². The molecule has 0 aliphatic rings. The minimum Gasteiger partial charge on any atom is -0.494 e. The Morgan fingerprint density at radius 1 is 1.17 bits per heavy atom. The summed E-state index contributed by atoms with van der Waals surface area (Å²) >= 11 is 0. The van der Waals surface area contributed by atoms with Crippen LogP contribution < -0.4 is 10.5 Å². The molecule has 0 fully saturated rings. The van der Waals surface area contributed by atoms with E-state index in [0.717, 1.165) is 51.4 Å². The first-order chi connectivity index (χ1) is 8.80. The average molecular weight is 250 g/mol. The van der Waals surface area contributed by atoms with Crippen molar-refractivity contribution >= 4 is 0 Å². The third-order valence-electron chi connectivity index (χ3n) is 3.07. The van der Waals surface area contributed by atoms with Crippen LogP contribution >= 0.6 is 0 Å². The summed E-state index contributed by atoms with van der Waals surface area (Å²) in [6, 6.07) is 8.39. The Balaban J connectivity index is 2.45. The number of nitrogens with zero attached hydrogens (tertiary/aromatic N) is 1. The molecule has 0 bridgehead atoms.